The van der Waals surface area contributed by atoms with Gasteiger partial charge in [0.05, 0.1) is 48.7 Å². The number of methoxy groups -OCH3 is 2. The van der Waals surface area contributed by atoms with Gasteiger partial charge in [0.2, 0.25) is 35.4 Å². The summed E-state index contributed by atoms with van der Waals surface area (Å²) in [5.74, 6) is -2.32. The third kappa shape index (κ3) is 14.2. The fraction of sp³-hybridized carbons (Fsp3) is 0.727. The van der Waals surface area contributed by atoms with Gasteiger partial charge in [0.1, 0.15) is 12.1 Å². The number of anilines is 1. The first-order valence-electron chi connectivity index (χ1n) is 21.4. The smallest absolute Gasteiger partial charge is 0.246 e. The monoisotopic (exact) mass is 845 g/mol. The second kappa shape index (κ2) is 24.4. The highest BCUT2D eigenvalue weighted by molar-refractivity contribution is 5.97. The van der Waals surface area contributed by atoms with E-state index in [2.05, 4.69) is 16.0 Å². The Balaban J connectivity index is 2.17. The summed E-state index contributed by atoms with van der Waals surface area (Å²) >= 11 is 0. The molecule has 1 unspecified atom stereocenters. The molecule has 0 radical (unpaired) electrons. The summed E-state index contributed by atoms with van der Waals surface area (Å²) in [7, 11) is 10.2. The minimum absolute atomic E-state index is 0.0225. The number of nitrogens with two attached hydrogens (primary N) is 1. The van der Waals surface area contributed by atoms with E-state index in [0.29, 0.717) is 31.6 Å². The molecule has 0 spiro atoms. The lowest BCUT2D eigenvalue weighted by Crippen LogP contribution is -2.59. The van der Waals surface area contributed by atoms with Crippen LogP contribution in [0.4, 0.5) is 5.69 Å². The van der Waals surface area contributed by atoms with Crippen LogP contribution in [0.15, 0.2) is 24.3 Å². The molecule has 1 aromatic rings. The summed E-state index contributed by atoms with van der Waals surface area (Å²) in [5, 5.41) is 8.36. The zero-order valence-corrected chi connectivity index (χ0v) is 38.7. The van der Waals surface area contributed by atoms with Crippen LogP contribution in [0.5, 0.6) is 0 Å². The van der Waals surface area contributed by atoms with Crippen LogP contribution >= 0.6 is 0 Å². The van der Waals surface area contributed by atoms with Crippen LogP contribution in [-0.4, -0.2) is 159 Å². The molecule has 1 aromatic carbocycles. The first kappa shape index (κ1) is 52.0. The van der Waals surface area contributed by atoms with Gasteiger partial charge in [-0.1, -0.05) is 53.2 Å². The molecule has 10 atom stereocenters. The van der Waals surface area contributed by atoms with Crippen LogP contribution in [0.2, 0.25) is 0 Å². The molecule has 16 heteroatoms. The molecule has 1 fully saturated rings. The Morgan fingerprint density at radius 3 is 2.08 bits per heavy atom. The Morgan fingerprint density at radius 1 is 0.883 bits per heavy atom. The van der Waals surface area contributed by atoms with Crippen molar-refractivity contribution in [2.24, 2.45) is 23.5 Å². The van der Waals surface area contributed by atoms with Crippen LogP contribution in [0, 0.1) is 17.8 Å². The van der Waals surface area contributed by atoms with Gasteiger partial charge < -0.3 is 45.9 Å². The maximum Gasteiger partial charge on any atom is 0.246 e. The van der Waals surface area contributed by atoms with E-state index < -0.39 is 54.2 Å². The van der Waals surface area contributed by atoms with E-state index in [1.807, 2.05) is 71.8 Å². The standard InChI is InChI=1S/C44H76N8O8/c1-15-27(4)38(51(12)44(58)37(26(2)3)48-42(56)31(8)49(9)10)35(59-13)25-36(53)52-22-17-20-34(52)39(60-14)28(5)43(57)50(11)23-21-32-18-16-19-33(24-32)47-41(55)30(7)46-40(54)29(6)45/h16,18-19,24,26-31,34-35,37-39H,15,17,20-23,25,45H2,1-14H3,(H,46,54)(H,47,55)(H,48,56)/t27-,28+,29-,30-,31+,34?,35+,37-,38-,39+/m0/s1. The van der Waals surface area contributed by atoms with Gasteiger partial charge in [-0.2, -0.15) is 0 Å². The second-order valence-corrected chi connectivity index (χ2v) is 17.2. The highest BCUT2D eigenvalue weighted by atomic mass is 16.5. The van der Waals surface area contributed by atoms with Crippen molar-refractivity contribution in [3.8, 4) is 0 Å². The topological polar surface area (TPSA) is 196 Å². The number of rotatable bonds is 23. The Hall–Kier alpha value is -4.12. The molecule has 6 amide bonds. The molecule has 1 aliphatic heterocycles. The Kier molecular flexibility index (Phi) is 21.1. The van der Waals surface area contributed by atoms with E-state index in [0.717, 1.165) is 18.4 Å². The zero-order chi connectivity index (χ0) is 45.6. The van der Waals surface area contributed by atoms with Gasteiger partial charge in [0, 0.05) is 47.1 Å². The molecule has 5 N–H and O–H groups in total. The molecule has 0 bridgehead atoms. The lowest BCUT2D eigenvalue weighted by molar-refractivity contribution is -0.149. The predicted molar refractivity (Wildman–Crippen MR) is 234 cm³/mol. The fourth-order valence-corrected chi connectivity index (χ4v) is 7.76. The van der Waals surface area contributed by atoms with E-state index >= 15 is 0 Å². The molecule has 1 aliphatic rings. The highest BCUT2D eigenvalue weighted by Crippen LogP contribution is 2.30. The lowest BCUT2D eigenvalue weighted by Gasteiger charge is -2.41. The van der Waals surface area contributed by atoms with Gasteiger partial charge >= 0.3 is 0 Å². The van der Waals surface area contributed by atoms with E-state index in [1.165, 1.54) is 0 Å². The van der Waals surface area contributed by atoms with Crippen molar-refractivity contribution in [1.82, 2.24) is 30.2 Å². The van der Waals surface area contributed by atoms with Crippen LogP contribution < -0.4 is 21.7 Å². The third-order valence-electron chi connectivity index (χ3n) is 12.1. The Labute approximate surface area is 359 Å². The van der Waals surface area contributed by atoms with Crippen molar-refractivity contribution in [2.75, 3.05) is 60.8 Å². The number of likely N-dealkylation sites (tertiary alicyclic amines) is 1. The minimum Gasteiger partial charge on any atom is -0.379 e. The molecule has 0 aliphatic carbocycles. The third-order valence-corrected chi connectivity index (χ3v) is 12.1. The largest absolute Gasteiger partial charge is 0.379 e. The molecule has 1 heterocycles. The second-order valence-electron chi connectivity index (χ2n) is 17.2. The van der Waals surface area contributed by atoms with Crippen molar-refractivity contribution in [3.05, 3.63) is 29.8 Å². The summed E-state index contributed by atoms with van der Waals surface area (Å²) in [4.78, 5) is 86.8. The minimum atomic E-state index is -0.778. The van der Waals surface area contributed by atoms with Crippen molar-refractivity contribution < 1.29 is 38.2 Å². The van der Waals surface area contributed by atoms with Crippen molar-refractivity contribution in [1.29, 1.82) is 0 Å². The molecule has 2 rings (SSSR count). The van der Waals surface area contributed by atoms with Crippen LogP contribution in [0.25, 0.3) is 0 Å². The van der Waals surface area contributed by atoms with Gasteiger partial charge in [0.15, 0.2) is 0 Å². The van der Waals surface area contributed by atoms with Gasteiger partial charge in [0.25, 0.3) is 0 Å². The Morgan fingerprint density at radius 2 is 1.53 bits per heavy atom. The van der Waals surface area contributed by atoms with Crippen LogP contribution in [0.1, 0.15) is 86.6 Å². The summed E-state index contributed by atoms with van der Waals surface area (Å²) in [6.45, 7) is 15.5. The fourth-order valence-electron chi connectivity index (χ4n) is 7.76. The number of likely N-dealkylation sites (N-methyl/N-ethyl adjacent to an activating group) is 3. The molecule has 340 valence electrons. The van der Waals surface area contributed by atoms with Crippen molar-refractivity contribution >= 4 is 41.1 Å². The van der Waals surface area contributed by atoms with Crippen molar-refractivity contribution in [3.63, 3.8) is 0 Å². The molecule has 0 saturated carbocycles. The van der Waals surface area contributed by atoms with E-state index in [-0.39, 0.29) is 53.8 Å². The number of benzene rings is 1. The quantitative estimate of drug-likeness (QED) is 0.127. The van der Waals surface area contributed by atoms with E-state index in [9.17, 15) is 28.8 Å². The first-order valence-corrected chi connectivity index (χ1v) is 21.4. The number of ether oxygens (including phenoxy) is 2. The van der Waals surface area contributed by atoms with Crippen LogP contribution in [0.3, 0.4) is 0 Å². The molecule has 0 aromatic heterocycles. The predicted octanol–water partition coefficient (Wildman–Crippen LogP) is 2.49. The summed E-state index contributed by atoms with van der Waals surface area (Å²) in [6, 6.07) is 3.83. The molecule has 16 nitrogen and oxygen atoms in total. The molecular weight excluding hydrogens is 769 g/mol. The Bertz CT molecular complexity index is 1590. The number of carbonyl (C=O) groups is 6. The number of amides is 6. The lowest BCUT2D eigenvalue weighted by atomic mass is 9.89. The molecule has 1 saturated heterocycles. The number of nitrogens with zero attached hydrogens (tertiary/aromatic N) is 4. The molecule has 60 heavy (non-hydrogen) atoms. The van der Waals surface area contributed by atoms with Crippen LogP contribution in [-0.2, 0) is 44.7 Å². The van der Waals surface area contributed by atoms with Gasteiger partial charge in [-0.05, 0) is 83.7 Å². The van der Waals surface area contributed by atoms with E-state index in [4.69, 9.17) is 15.2 Å². The van der Waals surface area contributed by atoms with Crippen molar-refractivity contribution in [2.45, 2.75) is 136 Å². The number of carbonyl (C=O) groups excluding carboxylic acids is 6. The van der Waals surface area contributed by atoms with Gasteiger partial charge in [-0.3, -0.25) is 33.7 Å². The summed E-state index contributed by atoms with van der Waals surface area (Å²) in [5.41, 5.74) is 7.07. The zero-order valence-electron chi connectivity index (χ0n) is 38.7. The number of hydrogen-bond acceptors (Lipinski definition) is 10. The SMILES string of the molecule is CC[C@H](C)[C@@H]([C@@H](CC(=O)N1CCCC1[C@H](OC)[C@@H](C)C(=O)N(C)CCc1cccc(NC(=O)[C@H](C)NC(=O)[C@H](C)N)c1)OC)N(C)C(=O)[C@@H](NC(=O)[C@@H](C)N(C)C)C(C)C. The summed E-state index contributed by atoms with van der Waals surface area (Å²) in [6.07, 6.45) is 1.50. The number of nitrogens with one attached hydrogen (secondary N) is 3. The van der Waals surface area contributed by atoms with Gasteiger partial charge in [-0.25, -0.2) is 0 Å². The number of hydrogen-bond donors (Lipinski definition) is 4. The normalized spacial score (nSPS) is 18.7. The average Bonchev–Trinajstić information content (AvgIpc) is 3.70. The van der Waals surface area contributed by atoms with E-state index in [1.54, 1.807) is 69.9 Å². The summed E-state index contributed by atoms with van der Waals surface area (Å²) < 4.78 is 12.0. The maximum atomic E-state index is 14.3. The highest BCUT2D eigenvalue weighted by Gasteiger charge is 2.43. The van der Waals surface area contributed by atoms with Gasteiger partial charge in [-0.15, -0.1) is 0 Å². The average molecular weight is 845 g/mol. The first-order chi connectivity index (χ1) is 28.1. The maximum absolute atomic E-state index is 14.3. The molecular formula is C44H76N8O8.